The summed E-state index contributed by atoms with van der Waals surface area (Å²) >= 11 is 0. The van der Waals surface area contributed by atoms with Crippen LogP contribution in [-0.4, -0.2) is 43.6 Å². The molecule has 4 heteroatoms. The first-order valence-corrected chi connectivity index (χ1v) is 7.42. The summed E-state index contributed by atoms with van der Waals surface area (Å²) in [6.07, 6.45) is 1.13. The molecular formula is C16H24N2O2. The van der Waals surface area contributed by atoms with Gasteiger partial charge in [-0.1, -0.05) is 26.0 Å². The number of hydrogen-bond acceptors (Lipinski definition) is 3. The summed E-state index contributed by atoms with van der Waals surface area (Å²) < 4.78 is 5.58. The predicted octanol–water partition coefficient (Wildman–Crippen LogP) is 2.01. The summed E-state index contributed by atoms with van der Waals surface area (Å²) in [7, 11) is 0. The number of amides is 1. The Kier molecular flexibility index (Phi) is 5.41. The molecule has 1 amide bonds. The molecular weight excluding hydrogens is 252 g/mol. The third kappa shape index (κ3) is 3.97. The molecule has 1 heterocycles. The molecule has 0 aliphatic carbocycles. The van der Waals surface area contributed by atoms with Crippen LogP contribution in [0.3, 0.4) is 0 Å². The quantitative estimate of drug-likeness (QED) is 0.894. The lowest BCUT2D eigenvalue weighted by atomic mass is 9.99. The molecule has 1 fully saturated rings. The van der Waals surface area contributed by atoms with E-state index >= 15 is 0 Å². The summed E-state index contributed by atoms with van der Waals surface area (Å²) in [5.74, 6) is 1.39. The number of nitrogens with zero attached hydrogens (tertiary/aromatic N) is 1. The molecule has 0 spiro atoms. The largest absolute Gasteiger partial charge is 0.484 e. The number of rotatable bonds is 5. The molecule has 1 aliphatic heterocycles. The molecule has 110 valence electrons. The molecule has 4 nitrogen and oxygen atoms in total. The SMILES string of the molecule is CCC(C)c1ccc(OCC(=O)N2CCNCC2)cc1. The van der Waals surface area contributed by atoms with Crippen molar-refractivity contribution >= 4 is 5.91 Å². The Hall–Kier alpha value is -1.55. The Balaban J connectivity index is 1.82. The van der Waals surface area contributed by atoms with E-state index in [1.165, 1.54) is 5.56 Å². The van der Waals surface area contributed by atoms with Crippen molar-refractivity contribution < 1.29 is 9.53 Å². The molecule has 0 aromatic heterocycles. The Bertz CT molecular complexity index is 425. The van der Waals surface area contributed by atoms with Gasteiger partial charge in [0, 0.05) is 26.2 Å². The lowest BCUT2D eigenvalue weighted by Gasteiger charge is -2.27. The van der Waals surface area contributed by atoms with Crippen molar-refractivity contribution in [3.8, 4) is 5.75 Å². The zero-order valence-electron chi connectivity index (χ0n) is 12.4. The van der Waals surface area contributed by atoms with Crippen LogP contribution in [0.15, 0.2) is 24.3 Å². The predicted molar refractivity (Wildman–Crippen MR) is 80.1 cm³/mol. The van der Waals surface area contributed by atoms with Crippen molar-refractivity contribution in [1.82, 2.24) is 10.2 Å². The molecule has 2 rings (SSSR count). The second-order valence-electron chi connectivity index (χ2n) is 5.30. The maximum atomic E-state index is 12.0. The highest BCUT2D eigenvalue weighted by Crippen LogP contribution is 2.21. The van der Waals surface area contributed by atoms with Crippen LogP contribution in [-0.2, 0) is 4.79 Å². The fraction of sp³-hybridized carbons (Fsp3) is 0.562. The zero-order chi connectivity index (χ0) is 14.4. The van der Waals surface area contributed by atoms with Crippen LogP contribution in [0, 0.1) is 0 Å². The molecule has 1 aromatic rings. The van der Waals surface area contributed by atoms with Gasteiger partial charge in [-0.3, -0.25) is 4.79 Å². The number of nitrogens with one attached hydrogen (secondary N) is 1. The van der Waals surface area contributed by atoms with Gasteiger partial charge in [0.1, 0.15) is 5.75 Å². The molecule has 1 saturated heterocycles. The van der Waals surface area contributed by atoms with E-state index in [4.69, 9.17) is 4.74 Å². The van der Waals surface area contributed by atoms with E-state index in [2.05, 4.69) is 31.3 Å². The van der Waals surface area contributed by atoms with Crippen molar-refractivity contribution in [2.45, 2.75) is 26.2 Å². The van der Waals surface area contributed by atoms with Crippen LogP contribution in [0.2, 0.25) is 0 Å². The molecule has 0 radical (unpaired) electrons. The van der Waals surface area contributed by atoms with Gasteiger partial charge in [-0.25, -0.2) is 0 Å². The lowest BCUT2D eigenvalue weighted by Crippen LogP contribution is -2.47. The smallest absolute Gasteiger partial charge is 0.260 e. The Morgan fingerprint density at radius 3 is 2.55 bits per heavy atom. The second-order valence-corrected chi connectivity index (χ2v) is 5.30. The van der Waals surface area contributed by atoms with Gasteiger partial charge in [-0.15, -0.1) is 0 Å². The van der Waals surface area contributed by atoms with Crippen molar-refractivity contribution in [1.29, 1.82) is 0 Å². The van der Waals surface area contributed by atoms with Crippen LogP contribution in [0.1, 0.15) is 31.7 Å². The highest BCUT2D eigenvalue weighted by molar-refractivity contribution is 5.77. The number of carbonyl (C=O) groups excluding carboxylic acids is 1. The van der Waals surface area contributed by atoms with Crippen molar-refractivity contribution in [3.63, 3.8) is 0 Å². The van der Waals surface area contributed by atoms with Crippen LogP contribution in [0.5, 0.6) is 5.75 Å². The van der Waals surface area contributed by atoms with Gasteiger partial charge in [-0.05, 0) is 30.0 Å². The fourth-order valence-electron chi connectivity index (χ4n) is 2.28. The molecule has 1 N–H and O–H groups in total. The molecule has 0 saturated carbocycles. The summed E-state index contributed by atoms with van der Waals surface area (Å²) in [5.41, 5.74) is 1.31. The monoisotopic (exact) mass is 276 g/mol. The molecule has 1 unspecified atom stereocenters. The molecule has 0 bridgehead atoms. The van der Waals surface area contributed by atoms with Gasteiger partial charge >= 0.3 is 0 Å². The number of hydrogen-bond donors (Lipinski definition) is 1. The third-order valence-corrected chi connectivity index (χ3v) is 3.89. The van der Waals surface area contributed by atoms with Gasteiger partial charge < -0.3 is 15.0 Å². The van der Waals surface area contributed by atoms with E-state index in [1.807, 2.05) is 17.0 Å². The Morgan fingerprint density at radius 1 is 1.30 bits per heavy atom. The maximum absolute atomic E-state index is 12.0. The summed E-state index contributed by atoms with van der Waals surface area (Å²) in [6, 6.07) is 8.07. The lowest BCUT2D eigenvalue weighted by molar-refractivity contribution is -0.133. The van der Waals surface area contributed by atoms with Crippen LogP contribution in [0.25, 0.3) is 0 Å². The average Bonchev–Trinajstić information content (AvgIpc) is 2.53. The molecule has 20 heavy (non-hydrogen) atoms. The van der Waals surface area contributed by atoms with Crippen LogP contribution < -0.4 is 10.1 Å². The summed E-state index contributed by atoms with van der Waals surface area (Å²) in [6.45, 7) is 7.81. The number of benzene rings is 1. The van der Waals surface area contributed by atoms with E-state index in [0.717, 1.165) is 38.3 Å². The molecule has 1 aromatic carbocycles. The van der Waals surface area contributed by atoms with Crippen LogP contribution in [0.4, 0.5) is 0 Å². The van der Waals surface area contributed by atoms with Gasteiger partial charge in [0.25, 0.3) is 5.91 Å². The third-order valence-electron chi connectivity index (χ3n) is 3.89. The Labute approximate surface area is 121 Å². The van der Waals surface area contributed by atoms with Crippen molar-refractivity contribution in [3.05, 3.63) is 29.8 Å². The number of piperazine rings is 1. The van der Waals surface area contributed by atoms with Gasteiger partial charge in [-0.2, -0.15) is 0 Å². The van der Waals surface area contributed by atoms with Crippen LogP contribution >= 0.6 is 0 Å². The average molecular weight is 276 g/mol. The normalized spacial score (nSPS) is 16.8. The van der Waals surface area contributed by atoms with Gasteiger partial charge in [0.15, 0.2) is 6.61 Å². The maximum Gasteiger partial charge on any atom is 0.260 e. The van der Waals surface area contributed by atoms with E-state index in [0.29, 0.717) is 5.92 Å². The van der Waals surface area contributed by atoms with Gasteiger partial charge in [0.05, 0.1) is 0 Å². The minimum absolute atomic E-state index is 0.0671. The topological polar surface area (TPSA) is 41.6 Å². The Morgan fingerprint density at radius 2 is 1.95 bits per heavy atom. The van der Waals surface area contributed by atoms with E-state index in [9.17, 15) is 4.79 Å². The first-order chi connectivity index (χ1) is 9.70. The first-order valence-electron chi connectivity index (χ1n) is 7.42. The summed E-state index contributed by atoms with van der Waals surface area (Å²) in [5, 5.41) is 3.23. The molecule has 1 aliphatic rings. The van der Waals surface area contributed by atoms with E-state index in [-0.39, 0.29) is 12.5 Å². The van der Waals surface area contributed by atoms with Crippen molar-refractivity contribution in [2.75, 3.05) is 32.8 Å². The summed E-state index contributed by atoms with van der Waals surface area (Å²) in [4.78, 5) is 13.8. The van der Waals surface area contributed by atoms with Gasteiger partial charge in [0.2, 0.25) is 0 Å². The first kappa shape index (κ1) is 14.9. The standard InChI is InChI=1S/C16H24N2O2/c1-3-13(2)14-4-6-15(7-5-14)20-12-16(19)18-10-8-17-9-11-18/h4-7,13,17H,3,8-12H2,1-2H3. The second kappa shape index (κ2) is 7.29. The minimum Gasteiger partial charge on any atom is -0.484 e. The highest BCUT2D eigenvalue weighted by atomic mass is 16.5. The molecule has 1 atom stereocenters. The minimum atomic E-state index is 0.0671. The highest BCUT2D eigenvalue weighted by Gasteiger charge is 2.16. The zero-order valence-corrected chi connectivity index (χ0v) is 12.4. The number of ether oxygens (including phenoxy) is 1. The van der Waals surface area contributed by atoms with E-state index in [1.54, 1.807) is 0 Å². The fourth-order valence-corrected chi connectivity index (χ4v) is 2.28. The van der Waals surface area contributed by atoms with Crippen molar-refractivity contribution in [2.24, 2.45) is 0 Å². The number of carbonyl (C=O) groups is 1. The van der Waals surface area contributed by atoms with E-state index < -0.39 is 0 Å².